The highest BCUT2D eigenvalue weighted by molar-refractivity contribution is 6.06. The predicted molar refractivity (Wildman–Crippen MR) is 93.1 cm³/mol. The van der Waals surface area contributed by atoms with Crippen molar-refractivity contribution in [3.63, 3.8) is 0 Å². The van der Waals surface area contributed by atoms with Gasteiger partial charge >= 0.3 is 0 Å². The van der Waals surface area contributed by atoms with Crippen molar-refractivity contribution in [2.75, 3.05) is 12.3 Å². The summed E-state index contributed by atoms with van der Waals surface area (Å²) in [5, 5.41) is 14.3. The summed E-state index contributed by atoms with van der Waals surface area (Å²) in [6, 6.07) is 5.95. The van der Waals surface area contributed by atoms with Gasteiger partial charge in [0.2, 0.25) is 0 Å². The summed E-state index contributed by atoms with van der Waals surface area (Å²) in [5.74, 6) is 1.24. The van der Waals surface area contributed by atoms with E-state index < -0.39 is 0 Å². The number of nitrogens with one attached hydrogen (secondary N) is 1. The van der Waals surface area contributed by atoms with Crippen LogP contribution in [0.4, 0.5) is 5.82 Å². The lowest BCUT2D eigenvalue weighted by Gasteiger charge is -2.05. The number of aliphatic hydroxyl groups is 1. The number of anilines is 1. The van der Waals surface area contributed by atoms with Crippen molar-refractivity contribution in [3.8, 4) is 5.69 Å². The standard InChI is InChI=1S/C17H18N6O/c1-10-8-19-23(9-10)11-4-5-12-13(7-11)20-17(18)16-15(12)21-14(22-16)3-2-6-24/h4-5,7-9,24H,2-3,6H2,1H3,(H2,18,20)(H,21,22). The molecule has 0 amide bonds. The van der Waals surface area contributed by atoms with Crippen molar-refractivity contribution in [3.05, 3.63) is 42.0 Å². The molecule has 4 N–H and O–H groups in total. The Morgan fingerprint density at radius 3 is 2.92 bits per heavy atom. The molecule has 0 aliphatic rings. The molecule has 7 heteroatoms. The number of nitrogens with two attached hydrogens (primary N) is 1. The van der Waals surface area contributed by atoms with Gasteiger partial charge in [-0.25, -0.2) is 14.6 Å². The van der Waals surface area contributed by atoms with Crippen molar-refractivity contribution in [2.45, 2.75) is 19.8 Å². The lowest BCUT2D eigenvalue weighted by molar-refractivity contribution is 0.287. The first kappa shape index (κ1) is 14.6. The number of hydrogen-bond acceptors (Lipinski definition) is 5. The molecule has 4 aromatic rings. The molecule has 0 spiro atoms. The minimum absolute atomic E-state index is 0.137. The Morgan fingerprint density at radius 1 is 1.29 bits per heavy atom. The highest BCUT2D eigenvalue weighted by Crippen LogP contribution is 2.28. The number of aromatic amines is 1. The zero-order valence-corrected chi connectivity index (χ0v) is 13.3. The van der Waals surface area contributed by atoms with E-state index in [1.807, 2.05) is 42.2 Å². The normalized spacial score (nSPS) is 11.6. The Kier molecular flexibility index (Phi) is 3.42. The minimum atomic E-state index is 0.137. The monoisotopic (exact) mass is 322 g/mol. The molecule has 0 aliphatic heterocycles. The minimum Gasteiger partial charge on any atom is -0.396 e. The molecule has 3 heterocycles. The second kappa shape index (κ2) is 5.61. The fourth-order valence-corrected chi connectivity index (χ4v) is 2.86. The Bertz CT molecular complexity index is 1030. The highest BCUT2D eigenvalue weighted by atomic mass is 16.2. The van der Waals surface area contributed by atoms with Crippen molar-refractivity contribution >= 4 is 27.8 Å². The molecule has 7 nitrogen and oxygen atoms in total. The van der Waals surface area contributed by atoms with Crippen molar-refractivity contribution in [1.29, 1.82) is 0 Å². The Labute approximate surface area is 138 Å². The van der Waals surface area contributed by atoms with Crippen LogP contribution < -0.4 is 5.73 Å². The fourth-order valence-electron chi connectivity index (χ4n) is 2.86. The molecule has 0 unspecified atom stereocenters. The highest BCUT2D eigenvalue weighted by Gasteiger charge is 2.12. The summed E-state index contributed by atoms with van der Waals surface area (Å²) in [4.78, 5) is 12.4. The summed E-state index contributed by atoms with van der Waals surface area (Å²) in [7, 11) is 0. The van der Waals surface area contributed by atoms with Crippen LogP contribution in [0, 0.1) is 6.92 Å². The van der Waals surface area contributed by atoms with Crippen LogP contribution in [0.25, 0.3) is 27.6 Å². The first-order valence-electron chi connectivity index (χ1n) is 7.86. The number of hydrogen-bond donors (Lipinski definition) is 3. The van der Waals surface area contributed by atoms with Crippen LogP contribution in [0.3, 0.4) is 0 Å². The van der Waals surface area contributed by atoms with Crippen molar-refractivity contribution in [1.82, 2.24) is 24.7 Å². The van der Waals surface area contributed by atoms with Gasteiger partial charge in [0, 0.05) is 24.6 Å². The maximum absolute atomic E-state index is 8.98. The molecule has 0 saturated carbocycles. The van der Waals surface area contributed by atoms with Gasteiger partial charge in [-0.15, -0.1) is 0 Å². The maximum atomic E-state index is 8.98. The molecule has 122 valence electrons. The third-order valence-electron chi connectivity index (χ3n) is 4.03. The van der Waals surface area contributed by atoms with Gasteiger partial charge in [0.15, 0.2) is 0 Å². The van der Waals surface area contributed by atoms with Gasteiger partial charge in [0.1, 0.15) is 22.7 Å². The van der Waals surface area contributed by atoms with E-state index in [2.05, 4.69) is 20.1 Å². The van der Waals surface area contributed by atoms with E-state index in [1.54, 1.807) is 0 Å². The lowest BCUT2D eigenvalue weighted by atomic mass is 10.1. The van der Waals surface area contributed by atoms with Gasteiger partial charge in [0.25, 0.3) is 0 Å². The number of nitrogen functional groups attached to an aromatic ring is 1. The van der Waals surface area contributed by atoms with Crippen LogP contribution in [0.5, 0.6) is 0 Å². The summed E-state index contributed by atoms with van der Waals surface area (Å²) >= 11 is 0. The fraction of sp³-hybridized carbons (Fsp3) is 0.235. The summed E-state index contributed by atoms with van der Waals surface area (Å²) in [5.41, 5.74) is 10.5. The third-order valence-corrected chi connectivity index (χ3v) is 4.03. The first-order valence-corrected chi connectivity index (χ1v) is 7.86. The quantitative estimate of drug-likeness (QED) is 0.533. The van der Waals surface area contributed by atoms with Crippen molar-refractivity contribution < 1.29 is 5.11 Å². The molecule has 4 rings (SSSR count). The van der Waals surface area contributed by atoms with E-state index in [-0.39, 0.29) is 6.61 Å². The molecule has 1 aromatic carbocycles. The van der Waals surface area contributed by atoms with E-state index in [1.165, 1.54) is 0 Å². The number of aliphatic hydroxyl groups excluding tert-OH is 1. The molecule has 0 fully saturated rings. The lowest BCUT2D eigenvalue weighted by Crippen LogP contribution is -1.97. The number of nitrogens with zero attached hydrogens (tertiary/aromatic N) is 4. The number of pyridine rings is 1. The molecule has 0 saturated heterocycles. The van der Waals surface area contributed by atoms with Gasteiger partial charge in [-0.1, -0.05) is 0 Å². The van der Waals surface area contributed by atoms with Gasteiger partial charge < -0.3 is 15.8 Å². The van der Waals surface area contributed by atoms with Crippen LogP contribution in [0.1, 0.15) is 17.8 Å². The molecular weight excluding hydrogens is 304 g/mol. The zero-order chi connectivity index (χ0) is 16.7. The van der Waals surface area contributed by atoms with Crippen LogP contribution in [-0.2, 0) is 6.42 Å². The second-order valence-electron chi connectivity index (χ2n) is 5.90. The number of fused-ring (bicyclic) bond motifs is 3. The molecule has 0 radical (unpaired) electrons. The molecule has 3 aromatic heterocycles. The van der Waals surface area contributed by atoms with Gasteiger partial charge in [-0.2, -0.15) is 5.10 Å². The van der Waals surface area contributed by atoms with E-state index in [4.69, 9.17) is 10.8 Å². The zero-order valence-electron chi connectivity index (χ0n) is 13.3. The van der Waals surface area contributed by atoms with E-state index in [0.717, 1.165) is 39.0 Å². The maximum Gasteiger partial charge on any atom is 0.150 e. The number of benzene rings is 1. The largest absolute Gasteiger partial charge is 0.396 e. The predicted octanol–water partition coefficient (Wildman–Crippen LogP) is 2.11. The SMILES string of the molecule is Cc1cnn(-c2ccc3c(c2)nc(N)c2[nH]c(CCCO)nc23)c1. The molecule has 0 aliphatic carbocycles. The van der Waals surface area contributed by atoms with E-state index in [9.17, 15) is 0 Å². The summed E-state index contributed by atoms with van der Waals surface area (Å²) in [6.45, 7) is 2.14. The van der Waals surface area contributed by atoms with Crippen LogP contribution in [-0.4, -0.2) is 36.4 Å². The van der Waals surface area contributed by atoms with Crippen LogP contribution in [0.2, 0.25) is 0 Å². The van der Waals surface area contributed by atoms with E-state index >= 15 is 0 Å². The number of rotatable bonds is 4. The molecule has 0 atom stereocenters. The number of H-pyrrole nitrogens is 1. The average molecular weight is 322 g/mol. The smallest absolute Gasteiger partial charge is 0.150 e. The van der Waals surface area contributed by atoms with Gasteiger partial charge in [0.05, 0.1) is 17.4 Å². The van der Waals surface area contributed by atoms with Crippen LogP contribution >= 0.6 is 0 Å². The topological polar surface area (TPSA) is 106 Å². The Hall–Kier alpha value is -2.93. The number of aryl methyl sites for hydroxylation is 2. The van der Waals surface area contributed by atoms with E-state index in [0.29, 0.717) is 18.7 Å². The number of imidazole rings is 1. The Balaban J connectivity index is 1.87. The third kappa shape index (κ3) is 2.39. The molecule has 0 bridgehead atoms. The second-order valence-corrected chi connectivity index (χ2v) is 5.90. The summed E-state index contributed by atoms with van der Waals surface area (Å²) in [6.07, 6.45) is 5.12. The molecule has 24 heavy (non-hydrogen) atoms. The van der Waals surface area contributed by atoms with Gasteiger partial charge in [-0.3, -0.25) is 0 Å². The Morgan fingerprint density at radius 2 is 2.17 bits per heavy atom. The average Bonchev–Trinajstić information content (AvgIpc) is 3.19. The molecular formula is C17H18N6O. The number of aromatic nitrogens is 5. The van der Waals surface area contributed by atoms with Crippen LogP contribution in [0.15, 0.2) is 30.6 Å². The summed E-state index contributed by atoms with van der Waals surface area (Å²) < 4.78 is 1.81. The van der Waals surface area contributed by atoms with Crippen molar-refractivity contribution in [2.24, 2.45) is 0 Å². The van der Waals surface area contributed by atoms with Gasteiger partial charge in [-0.05, 0) is 37.1 Å². The first-order chi connectivity index (χ1) is 11.7.